The minimum absolute atomic E-state index is 0.156. The van der Waals surface area contributed by atoms with E-state index in [2.05, 4.69) is 30.4 Å². The van der Waals surface area contributed by atoms with Gasteiger partial charge in [0.25, 0.3) is 0 Å². The van der Waals surface area contributed by atoms with Gasteiger partial charge in [0.2, 0.25) is 0 Å². The van der Waals surface area contributed by atoms with E-state index < -0.39 is 0 Å². The lowest BCUT2D eigenvalue weighted by molar-refractivity contribution is 0.624. The second-order valence-corrected chi connectivity index (χ2v) is 6.03. The molecular weight excluding hydrogens is 261 g/mol. The average Bonchev–Trinajstić information content (AvgIpc) is 2.47. The molecule has 0 spiro atoms. The molecule has 1 nitrogen and oxygen atoms in total. The monoisotopic (exact) mass is 283 g/mol. The summed E-state index contributed by atoms with van der Waals surface area (Å²) in [6, 6.07) is 13.7. The number of hydrogen-bond acceptors (Lipinski definition) is 1. The van der Waals surface area contributed by atoms with Crippen LogP contribution < -0.4 is 5.32 Å². The van der Waals surface area contributed by atoms with Crippen LogP contribution in [0.15, 0.2) is 42.5 Å². The Labute approximate surface area is 126 Å². The summed E-state index contributed by atoms with van der Waals surface area (Å²) in [6.45, 7) is 2.16. The first kappa shape index (κ1) is 14.1. The van der Waals surface area contributed by atoms with Crippen molar-refractivity contribution in [1.82, 2.24) is 0 Å². The van der Waals surface area contributed by atoms with Gasteiger partial charge in [-0.3, -0.25) is 0 Å². The molecule has 1 unspecified atom stereocenters. The number of fused-ring (bicyclic) bond motifs is 1. The van der Waals surface area contributed by atoms with Gasteiger partial charge in [-0.05, 0) is 73.9 Å². The van der Waals surface area contributed by atoms with Gasteiger partial charge < -0.3 is 5.32 Å². The Hall–Kier alpha value is -1.83. The summed E-state index contributed by atoms with van der Waals surface area (Å²) in [4.78, 5) is 0. The SMILES string of the molecule is CC(Cc1cccc(F)c1)Nc1cccc2c1CCCC2. The van der Waals surface area contributed by atoms with E-state index >= 15 is 0 Å². The molecule has 110 valence electrons. The molecule has 0 saturated heterocycles. The minimum atomic E-state index is -0.156. The Kier molecular flexibility index (Phi) is 4.23. The molecule has 0 aliphatic heterocycles. The summed E-state index contributed by atoms with van der Waals surface area (Å²) in [7, 11) is 0. The number of rotatable bonds is 4. The Morgan fingerprint density at radius 2 is 1.90 bits per heavy atom. The maximum Gasteiger partial charge on any atom is 0.123 e. The van der Waals surface area contributed by atoms with E-state index in [0.29, 0.717) is 6.04 Å². The largest absolute Gasteiger partial charge is 0.382 e. The van der Waals surface area contributed by atoms with Crippen molar-refractivity contribution in [2.24, 2.45) is 0 Å². The molecule has 2 aromatic rings. The van der Waals surface area contributed by atoms with Crippen molar-refractivity contribution < 1.29 is 4.39 Å². The molecule has 0 saturated carbocycles. The molecule has 0 radical (unpaired) electrons. The van der Waals surface area contributed by atoms with Crippen LogP contribution in [0.3, 0.4) is 0 Å². The molecule has 1 N–H and O–H groups in total. The van der Waals surface area contributed by atoms with Gasteiger partial charge >= 0.3 is 0 Å². The van der Waals surface area contributed by atoms with Crippen molar-refractivity contribution in [3.8, 4) is 0 Å². The van der Waals surface area contributed by atoms with Crippen LogP contribution in [-0.4, -0.2) is 6.04 Å². The molecule has 2 heteroatoms. The third-order valence-electron chi connectivity index (χ3n) is 4.23. The zero-order valence-electron chi connectivity index (χ0n) is 12.5. The molecule has 1 aliphatic carbocycles. The van der Waals surface area contributed by atoms with Gasteiger partial charge in [0.1, 0.15) is 5.82 Å². The van der Waals surface area contributed by atoms with Crippen LogP contribution >= 0.6 is 0 Å². The zero-order valence-corrected chi connectivity index (χ0v) is 12.5. The number of aryl methyl sites for hydroxylation is 1. The first-order valence-corrected chi connectivity index (χ1v) is 7.84. The molecule has 0 amide bonds. The normalized spacial score (nSPS) is 15.3. The van der Waals surface area contributed by atoms with E-state index in [0.717, 1.165) is 12.0 Å². The van der Waals surface area contributed by atoms with Crippen LogP contribution in [0.25, 0.3) is 0 Å². The van der Waals surface area contributed by atoms with Gasteiger partial charge in [-0.2, -0.15) is 0 Å². The fourth-order valence-electron chi connectivity index (χ4n) is 3.25. The summed E-state index contributed by atoms with van der Waals surface area (Å²) < 4.78 is 13.2. The highest BCUT2D eigenvalue weighted by Crippen LogP contribution is 2.28. The molecule has 0 fully saturated rings. The number of anilines is 1. The summed E-state index contributed by atoms with van der Waals surface area (Å²) in [6.07, 6.45) is 5.79. The van der Waals surface area contributed by atoms with Crippen LogP contribution in [0.2, 0.25) is 0 Å². The van der Waals surface area contributed by atoms with Gasteiger partial charge in [0, 0.05) is 11.7 Å². The molecule has 2 aromatic carbocycles. The molecule has 3 rings (SSSR count). The predicted molar refractivity (Wildman–Crippen MR) is 86.3 cm³/mol. The highest BCUT2D eigenvalue weighted by atomic mass is 19.1. The molecular formula is C19H22FN. The lowest BCUT2D eigenvalue weighted by Crippen LogP contribution is -2.20. The van der Waals surface area contributed by atoms with E-state index in [1.54, 1.807) is 12.1 Å². The number of benzene rings is 2. The molecule has 1 atom stereocenters. The van der Waals surface area contributed by atoms with Crippen LogP contribution in [-0.2, 0) is 19.3 Å². The van der Waals surface area contributed by atoms with Crippen molar-refractivity contribution in [3.63, 3.8) is 0 Å². The molecule has 1 aliphatic rings. The molecule has 0 bridgehead atoms. The Balaban J connectivity index is 1.71. The highest BCUT2D eigenvalue weighted by Gasteiger charge is 2.14. The van der Waals surface area contributed by atoms with Crippen molar-refractivity contribution in [2.45, 2.75) is 45.1 Å². The average molecular weight is 283 g/mol. The second kappa shape index (κ2) is 6.30. The van der Waals surface area contributed by atoms with Crippen molar-refractivity contribution in [1.29, 1.82) is 0 Å². The van der Waals surface area contributed by atoms with Crippen LogP contribution in [0.1, 0.15) is 36.5 Å². The molecule has 21 heavy (non-hydrogen) atoms. The summed E-state index contributed by atoms with van der Waals surface area (Å²) >= 11 is 0. The first-order chi connectivity index (χ1) is 10.2. The van der Waals surface area contributed by atoms with E-state index in [9.17, 15) is 4.39 Å². The van der Waals surface area contributed by atoms with Gasteiger partial charge in [0.05, 0.1) is 0 Å². The van der Waals surface area contributed by atoms with E-state index in [1.807, 2.05) is 6.07 Å². The van der Waals surface area contributed by atoms with Gasteiger partial charge in [-0.25, -0.2) is 4.39 Å². The summed E-state index contributed by atoms with van der Waals surface area (Å²) in [5.74, 6) is -0.156. The van der Waals surface area contributed by atoms with E-state index in [-0.39, 0.29) is 5.82 Å². The smallest absolute Gasteiger partial charge is 0.123 e. The van der Waals surface area contributed by atoms with E-state index in [1.165, 1.54) is 48.6 Å². The van der Waals surface area contributed by atoms with Crippen LogP contribution in [0, 0.1) is 5.82 Å². The zero-order chi connectivity index (χ0) is 14.7. The van der Waals surface area contributed by atoms with Crippen molar-refractivity contribution >= 4 is 5.69 Å². The topological polar surface area (TPSA) is 12.0 Å². The van der Waals surface area contributed by atoms with E-state index in [4.69, 9.17) is 0 Å². The lowest BCUT2D eigenvalue weighted by atomic mass is 9.90. The van der Waals surface area contributed by atoms with Gasteiger partial charge in [0.15, 0.2) is 0 Å². The third kappa shape index (κ3) is 3.44. The Morgan fingerprint density at radius 1 is 1.10 bits per heavy atom. The van der Waals surface area contributed by atoms with Crippen LogP contribution in [0.4, 0.5) is 10.1 Å². The standard InChI is InChI=1S/C19H22FN/c1-14(12-15-6-4-9-17(20)13-15)21-19-11-5-8-16-7-2-3-10-18(16)19/h4-6,8-9,11,13-14,21H,2-3,7,10,12H2,1H3. The lowest BCUT2D eigenvalue weighted by Gasteiger charge is -2.23. The fraction of sp³-hybridized carbons (Fsp3) is 0.368. The summed E-state index contributed by atoms with van der Waals surface area (Å²) in [5, 5.41) is 3.62. The predicted octanol–water partition coefficient (Wildman–Crippen LogP) is 4.75. The first-order valence-electron chi connectivity index (χ1n) is 7.84. The third-order valence-corrected chi connectivity index (χ3v) is 4.23. The number of nitrogens with one attached hydrogen (secondary N) is 1. The summed E-state index contributed by atoms with van der Waals surface area (Å²) in [5.41, 5.74) is 5.27. The van der Waals surface area contributed by atoms with Gasteiger partial charge in [-0.15, -0.1) is 0 Å². The minimum Gasteiger partial charge on any atom is -0.382 e. The van der Waals surface area contributed by atoms with Crippen LogP contribution in [0.5, 0.6) is 0 Å². The fourth-order valence-corrected chi connectivity index (χ4v) is 3.25. The molecule has 0 heterocycles. The number of hydrogen-bond donors (Lipinski definition) is 1. The highest BCUT2D eigenvalue weighted by molar-refractivity contribution is 5.56. The second-order valence-electron chi connectivity index (χ2n) is 6.03. The maximum atomic E-state index is 13.2. The quantitative estimate of drug-likeness (QED) is 0.854. The number of halogens is 1. The van der Waals surface area contributed by atoms with Crippen molar-refractivity contribution in [3.05, 3.63) is 65.0 Å². The van der Waals surface area contributed by atoms with Crippen molar-refractivity contribution in [2.75, 3.05) is 5.32 Å². The van der Waals surface area contributed by atoms with Gasteiger partial charge in [-0.1, -0.05) is 24.3 Å². The molecule has 0 aromatic heterocycles. The Bertz CT molecular complexity index is 621. The maximum absolute atomic E-state index is 13.2. The Morgan fingerprint density at radius 3 is 2.76 bits per heavy atom.